The van der Waals surface area contributed by atoms with Gasteiger partial charge in [0.05, 0.1) is 6.61 Å². The Morgan fingerprint density at radius 2 is 2.55 bits per heavy atom. The Hall–Kier alpha value is -1.12. The van der Waals surface area contributed by atoms with Crippen molar-refractivity contribution in [3.05, 3.63) is 11.6 Å². The van der Waals surface area contributed by atoms with Gasteiger partial charge in [-0.3, -0.25) is 4.99 Å². The van der Waals surface area contributed by atoms with Crippen LogP contribution in [0.15, 0.2) is 16.6 Å². The van der Waals surface area contributed by atoms with Crippen LogP contribution in [0.4, 0.5) is 0 Å². The van der Waals surface area contributed by atoms with Gasteiger partial charge in [-0.15, -0.1) is 0 Å². The van der Waals surface area contributed by atoms with Crippen LogP contribution in [0, 0.1) is 0 Å². The molecule has 0 aromatic heterocycles. The Balaban J connectivity index is 2.55. The lowest BCUT2D eigenvalue weighted by molar-refractivity contribution is -0.143. The maximum absolute atomic E-state index is 11.1. The van der Waals surface area contributed by atoms with E-state index < -0.39 is 0 Å². The number of esters is 1. The molecule has 0 saturated heterocycles. The molecule has 0 unspecified atom stereocenters. The normalized spacial score (nSPS) is 21.6. The van der Waals surface area contributed by atoms with Crippen molar-refractivity contribution in [1.82, 2.24) is 0 Å². The summed E-state index contributed by atoms with van der Waals surface area (Å²) in [6, 6.07) is -0.380. The molecule has 0 bridgehead atoms. The van der Waals surface area contributed by atoms with E-state index in [0.717, 1.165) is 5.57 Å². The van der Waals surface area contributed by atoms with Crippen molar-refractivity contribution in [3.63, 3.8) is 0 Å². The Morgan fingerprint density at radius 3 is 3.00 bits per heavy atom. The number of carbonyl (C=O) groups excluding carboxylic acids is 1. The van der Waals surface area contributed by atoms with Gasteiger partial charge < -0.3 is 4.74 Å². The van der Waals surface area contributed by atoms with Crippen molar-refractivity contribution in [2.75, 3.05) is 6.61 Å². The molecular weight excluding hydrogens is 142 g/mol. The highest BCUT2D eigenvalue weighted by atomic mass is 16.5. The van der Waals surface area contributed by atoms with Crippen LogP contribution >= 0.6 is 0 Å². The first-order valence-electron chi connectivity index (χ1n) is 3.62. The lowest BCUT2D eigenvalue weighted by Gasteiger charge is -2.06. The minimum absolute atomic E-state index is 0.255. The largest absolute Gasteiger partial charge is 0.464 e. The summed E-state index contributed by atoms with van der Waals surface area (Å²) in [4.78, 5) is 15.0. The fraction of sp³-hybridized carbons (Fsp3) is 0.500. The van der Waals surface area contributed by atoms with E-state index in [2.05, 4.69) is 4.99 Å². The van der Waals surface area contributed by atoms with Gasteiger partial charge in [-0.1, -0.05) is 0 Å². The summed E-state index contributed by atoms with van der Waals surface area (Å²) < 4.78 is 4.80. The second-order valence-electron chi connectivity index (χ2n) is 2.36. The number of aliphatic imine (C=N–C) groups is 1. The summed E-state index contributed by atoms with van der Waals surface area (Å²) in [7, 11) is 0. The SMILES string of the molecule is CCOC(=O)[C@@H]1N=CC=C1C. The predicted molar refractivity (Wildman–Crippen MR) is 42.7 cm³/mol. The fourth-order valence-corrected chi connectivity index (χ4v) is 0.923. The van der Waals surface area contributed by atoms with E-state index >= 15 is 0 Å². The van der Waals surface area contributed by atoms with Crippen molar-refractivity contribution in [2.24, 2.45) is 4.99 Å². The van der Waals surface area contributed by atoms with Crippen LogP contribution in [-0.4, -0.2) is 24.8 Å². The average Bonchev–Trinajstić information content (AvgIpc) is 2.36. The van der Waals surface area contributed by atoms with Crippen LogP contribution in [0.1, 0.15) is 13.8 Å². The first-order valence-corrected chi connectivity index (χ1v) is 3.62. The average molecular weight is 153 g/mol. The first-order chi connectivity index (χ1) is 5.25. The third kappa shape index (κ3) is 1.67. The monoisotopic (exact) mass is 153 g/mol. The molecule has 0 saturated carbocycles. The Morgan fingerprint density at radius 1 is 1.82 bits per heavy atom. The summed E-state index contributed by atoms with van der Waals surface area (Å²) in [5, 5.41) is 0. The maximum atomic E-state index is 11.1. The molecule has 3 nitrogen and oxygen atoms in total. The van der Waals surface area contributed by atoms with Gasteiger partial charge in [0.25, 0.3) is 0 Å². The molecule has 0 amide bonds. The van der Waals surface area contributed by atoms with Crippen LogP contribution in [0.3, 0.4) is 0 Å². The third-order valence-electron chi connectivity index (χ3n) is 1.51. The molecule has 1 atom stereocenters. The second kappa shape index (κ2) is 3.32. The third-order valence-corrected chi connectivity index (χ3v) is 1.51. The summed E-state index contributed by atoms with van der Waals surface area (Å²) >= 11 is 0. The van der Waals surface area contributed by atoms with Gasteiger partial charge in [-0.05, 0) is 25.5 Å². The van der Waals surface area contributed by atoms with Crippen molar-refractivity contribution in [2.45, 2.75) is 19.9 Å². The van der Waals surface area contributed by atoms with Crippen LogP contribution < -0.4 is 0 Å². The topological polar surface area (TPSA) is 38.7 Å². The molecule has 0 aliphatic carbocycles. The van der Waals surface area contributed by atoms with Crippen molar-refractivity contribution < 1.29 is 9.53 Å². The zero-order valence-corrected chi connectivity index (χ0v) is 6.70. The molecule has 1 aliphatic heterocycles. The van der Waals surface area contributed by atoms with Gasteiger partial charge in [-0.2, -0.15) is 0 Å². The van der Waals surface area contributed by atoms with Crippen LogP contribution in [0.25, 0.3) is 0 Å². The highest BCUT2D eigenvalue weighted by Gasteiger charge is 2.21. The smallest absolute Gasteiger partial charge is 0.335 e. The Labute approximate surface area is 65.8 Å². The predicted octanol–water partition coefficient (Wildman–Crippen LogP) is 0.949. The van der Waals surface area contributed by atoms with Crippen molar-refractivity contribution in [3.8, 4) is 0 Å². The van der Waals surface area contributed by atoms with E-state index in [4.69, 9.17) is 4.74 Å². The zero-order chi connectivity index (χ0) is 8.27. The lowest BCUT2D eigenvalue weighted by Crippen LogP contribution is -2.20. The van der Waals surface area contributed by atoms with Gasteiger partial charge in [0, 0.05) is 6.21 Å². The molecule has 0 radical (unpaired) electrons. The Kier molecular flexibility index (Phi) is 2.41. The lowest BCUT2D eigenvalue weighted by atomic mass is 10.1. The number of carbonyl (C=O) groups is 1. The fourth-order valence-electron chi connectivity index (χ4n) is 0.923. The molecule has 60 valence electrons. The number of rotatable bonds is 2. The number of nitrogens with zero attached hydrogens (tertiary/aromatic N) is 1. The molecule has 0 N–H and O–H groups in total. The minimum atomic E-state index is -0.380. The summed E-state index contributed by atoms with van der Waals surface area (Å²) in [6.45, 7) is 4.07. The second-order valence-corrected chi connectivity index (χ2v) is 2.36. The van der Waals surface area contributed by atoms with E-state index in [1.54, 1.807) is 13.1 Å². The van der Waals surface area contributed by atoms with Crippen LogP contribution in [0.2, 0.25) is 0 Å². The first kappa shape index (κ1) is 7.98. The number of allylic oxidation sites excluding steroid dienone is 1. The highest BCUT2D eigenvalue weighted by molar-refractivity contribution is 5.88. The molecule has 11 heavy (non-hydrogen) atoms. The maximum Gasteiger partial charge on any atom is 0.335 e. The van der Waals surface area contributed by atoms with Gasteiger partial charge in [-0.25, -0.2) is 4.79 Å². The van der Waals surface area contributed by atoms with E-state index in [1.807, 2.05) is 13.0 Å². The zero-order valence-electron chi connectivity index (χ0n) is 6.70. The number of hydrogen-bond acceptors (Lipinski definition) is 3. The van der Waals surface area contributed by atoms with E-state index in [1.165, 1.54) is 0 Å². The molecule has 0 spiro atoms. The minimum Gasteiger partial charge on any atom is -0.464 e. The highest BCUT2D eigenvalue weighted by Crippen LogP contribution is 2.11. The summed E-state index contributed by atoms with van der Waals surface area (Å²) in [5.41, 5.74) is 0.948. The summed E-state index contributed by atoms with van der Waals surface area (Å²) in [5.74, 6) is -0.255. The van der Waals surface area contributed by atoms with Gasteiger partial charge >= 0.3 is 5.97 Å². The molecular formula is C8H11NO2. The van der Waals surface area contributed by atoms with E-state index in [0.29, 0.717) is 6.61 Å². The van der Waals surface area contributed by atoms with Crippen molar-refractivity contribution >= 4 is 12.2 Å². The van der Waals surface area contributed by atoms with Crippen LogP contribution in [0.5, 0.6) is 0 Å². The molecule has 1 rings (SSSR count). The molecule has 0 fully saturated rings. The van der Waals surface area contributed by atoms with Gasteiger partial charge in [0.2, 0.25) is 0 Å². The number of ether oxygens (including phenoxy) is 1. The molecule has 3 heteroatoms. The number of hydrogen-bond donors (Lipinski definition) is 0. The quantitative estimate of drug-likeness (QED) is 0.554. The Bertz CT molecular complexity index is 218. The van der Waals surface area contributed by atoms with E-state index in [9.17, 15) is 4.79 Å². The van der Waals surface area contributed by atoms with Gasteiger partial charge in [0.1, 0.15) is 0 Å². The van der Waals surface area contributed by atoms with E-state index in [-0.39, 0.29) is 12.0 Å². The summed E-state index contributed by atoms with van der Waals surface area (Å²) in [6.07, 6.45) is 3.46. The standard InChI is InChI=1S/C8H11NO2/c1-3-11-8(10)7-6(2)4-5-9-7/h4-5,7H,3H2,1-2H3/t7-/m1/s1. The van der Waals surface area contributed by atoms with Gasteiger partial charge in [0.15, 0.2) is 6.04 Å². The molecule has 1 aliphatic rings. The van der Waals surface area contributed by atoms with Crippen LogP contribution in [-0.2, 0) is 9.53 Å². The molecule has 0 aromatic rings. The van der Waals surface area contributed by atoms with Crippen molar-refractivity contribution in [1.29, 1.82) is 0 Å². The molecule has 0 aromatic carbocycles. The molecule has 1 heterocycles.